The predicted molar refractivity (Wildman–Crippen MR) is 24.7 cm³/mol. The molecule has 0 saturated carbocycles. The first kappa shape index (κ1) is 4.46. The van der Waals surface area contributed by atoms with Gasteiger partial charge >= 0.3 is 5.95 Å². The van der Waals surface area contributed by atoms with Crippen molar-refractivity contribution in [3.8, 4) is 0 Å². The summed E-state index contributed by atoms with van der Waals surface area (Å²) >= 11 is 0. The number of hydrogen-bond acceptors (Lipinski definition) is 3. The van der Waals surface area contributed by atoms with Crippen molar-refractivity contribution in [2.24, 2.45) is 0 Å². The normalized spacial score (nSPS) is 16.7. The molecule has 0 aromatic heterocycles. The van der Waals surface area contributed by atoms with Crippen LogP contribution < -0.4 is 5.32 Å². The molecule has 3 heteroatoms. The molecule has 0 saturated heterocycles. The van der Waals surface area contributed by atoms with Crippen molar-refractivity contribution in [1.82, 2.24) is 5.32 Å². The van der Waals surface area contributed by atoms with Gasteiger partial charge in [-0.3, -0.25) is 0 Å². The third-order valence-corrected chi connectivity index (χ3v) is 0.754. The predicted octanol–water partition coefficient (Wildman–Crippen LogP) is -0.0369. The van der Waals surface area contributed by atoms with Crippen LogP contribution in [0.25, 0.3) is 0 Å². The zero-order valence-electron chi connectivity index (χ0n) is 4.06. The van der Waals surface area contributed by atoms with Crippen LogP contribution in [0.15, 0.2) is 11.7 Å². The fourth-order valence-corrected chi connectivity index (χ4v) is 0.363. The largest absolute Gasteiger partial charge is 0.478 e. The van der Waals surface area contributed by atoms with Crippen LogP contribution >= 0.6 is 0 Å². The van der Waals surface area contributed by atoms with Crippen LogP contribution in [0.4, 0.5) is 0 Å². The number of aliphatic hydroxyl groups is 1. The molecule has 0 aromatic carbocycles. The highest BCUT2D eigenvalue weighted by molar-refractivity contribution is 5.10. The van der Waals surface area contributed by atoms with E-state index in [1.807, 2.05) is 0 Å². The number of rotatable bonds is 2. The molecular formula is C4H7NO2. The quantitative estimate of drug-likeness (QED) is 0.513. The topological polar surface area (TPSA) is 44.8 Å². The third-order valence-electron chi connectivity index (χ3n) is 0.754. The van der Waals surface area contributed by atoms with E-state index in [-0.39, 0.29) is 5.95 Å². The molecule has 0 bridgehead atoms. The van der Waals surface area contributed by atoms with Crippen LogP contribution in [-0.4, -0.2) is 18.7 Å². The summed E-state index contributed by atoms with van der Waals surface area (Å²) in [5.74, 6) is 0.733. The van der Waals surface area contributed by atoms with E-state index in [2.05, 4.69) is 10.1 Å². The minimum Gasteiger partial charge on any atom is -0.478 e. The Labute approximate surface area is 41.6 Å². The summed E-state index contributed by atoms with van der Waals surface area (Å²) in [5.41, 5.74) is 0. The van der Waals surface area contributed by atoms with Gasteiger partial charge in [-0.25, -0.2) is 0 Å². The zero-order chi connectivity index (χ0) is 5.28. The Morgan fingerprint density at radius 2 is 2.43 bits per heavy atom. The van der Waals surface area contributed by atoms with Crippen LogP contribution in [0.1, 0.15) is 0 Å². The lowest BCUT2D eigenvalue weighted by Gasteiger charge is -1.80. The molecule has 0 aromatic rings. The molecule has 0 radical (unpaired) electrons. The van der Waals surface area contributed by atoms with Gasteiger partial charge in [0.25, 0.3) is 0 Å². The van der Waals surface area contributed by atoms with E-state index in [4.69, 9.17) is 5.11 Å². The maximum atomic E-state index is 8.37. The van der Waals surface area contributed by atoms with Crippen molar-refractivity contribution >= 4 is 0 Å². The molecular weight excluding hydrogens is 94.0 g/mol. The standard InChI is InChI=1S/C4H7NO2/c1-5-2-3-4(6)7-3/h5-6H,2H2,1H3. The molecule has 0 spiro atoms. The van der Waals surface area contributed by atoms with Crippen LogP contribution in [0.2, 0.25) is 0 Å². The fraction of sp³-hybridized carbons (Fsp3) is 0.500. The summed E-state index contributed by atoms with van der Waals surface area (Å²) in [7, 11) is 1.79. The van der Waals surface area contributed by atoms with E-state index in [0.29, 0.717) is 12.3 Å². The van der Waals surface area contributed by atoms with E-state index in [0.717, 1.165) is 0 Å². The van der Waals surface area contributed by atoms with Gasteiger partial charge in [-0.2, -0.15) is 0 Å². The summed E-state index contributed by atoms with van der Waals surface area (Å²) in [6.45, 7) is 0.631. The highest BCUT2D eigenvalue weighted by Crippen LogP contribution is 2.20. The Balaban J connectivity index is 2.19. The zero-order valence-corrected chi connectivity index (χ0v) is 4.06. The second kappa shape index (κ2) is 1.42. The van der Waals surface area contributed by atoms with Crippen molar-refractivity contribution in [3.05, 3.63) is 11.7 Å². The summed E-state index contributed by atoms with van der Waals surface area (Å²) in [5, 5.41) is 11.2. The second-order valence-electron chi connectivity index (χ2n) is 1.36. The maximum Gasteiger partial charge on any atom is 0.324 e. The van der Waals surface area contributed by atoms with Crippen molar-refractivity contribution < 1.29 is 9.84 Å². The molecule has 0 fully saturated rings. The van der Waals surface area contributed by atoms with Gasteiger partial charge in [0.05, 0.1) is 6.54 Å². The van der Waals surface area contributed by atoms with Crippen molar-refractivity contribution in [2.75, 3.05) is 13.6 Å². The molecule has 1 rings (SSSR count). The number of hydrogen-bond donors (Lipinski definition) is 2. The number of aliphatic hydroxyl groups excluding tert-OH is 1. The van der Waals surface area contributed by atoms with E-state index in [1.54, 1.807) is 7.05 Å². The average Bonchev–Trinajstić information content (AvgIpc) is 2.22. The van der Waals surface area contributed by atoms with Gasteiger partial charge in [0.2, 0.25) is 5.76 Å². The lowest BCUT2D eigenvalue weighted by atomic mass is 10.6. The number of ether oxygens (including phenoxy) is 1. The smallest absolute Gasteiger partial charge is 0.324 e. The molecule has 1 aliphatic heterocycles. The van der Waals surface area contributed by atoms with Crippen molar-refractivity contribution in [2.45, 2.75) is 0 Å². The molecule has 7 heavy (non-hydrogen) atoms. The molecule has 0 aliphatic carbocycles. The van der Waals surface area contributed by atoms with Crippen molar-refractivity contribution in [3.63, 3.8) is 0 Å². The summed E-state index contributed by atoms with van der Waals surface area (Å²) in [4.78, 5) is 0. The van der Waals surface area contributed by atoms with Gasteiger partial charge in [-0.15, -0.1) is 0 Å². The van der Waals surface area contributed by atoms with Gasteiger partial charge in [0.1, 0.15) is 0 Å². The van der Waals surface area contributed by atoms with Gasteiger partial charge in [-0.05, 0) is 7.05 Å². The lowest BCUT2D eigenvalue weighted by molar-refractivity contribution is 0.274. The monoisotopic (exact) mass is 101 g/mol. The number of likely N-dealkylation sites (N-methyl/N-ethyl adjacent to an activating group) is 1. The Morgan fingerprint density at radius 1 is 1.86 bits per heavy atom. The molecule has 0 atom stereocenters. The Bertz CT molecular complexity index is 108. The van der Waals surface area contributed by atoms with Gasteiger partial charge in [0, 0.05) is 0 Å². The fourth-order valence-electron chi connectivity index (χ4n) is 0.363. The van der Waals surface area contributed by atoms with E-state index >= 15 is 0 Å². The minimum absolute atomic E-state index is 0.0781. The van der Waals surface area contributed by atoms with Gasteiger partial charge < -0.3 is 15.2 Å². The highest BCUT2D eigenvalue weighted by Gasteiger charge is 2.22. The van der Waals surface area contributed by atoms with E-state index in [9.17, 15) is 0 Å². The summed E-state index contributed by atoms with van der Waals surface area (Å²) < 4.78 is 4.48. The van der Waals surface area contributed by atoms with Crippen LogP contribution in [-0.2, 0) is 4.74 Å². The average molecular weight is 101 g/mol. The molecule has 1 aliphatic rings. The molecule has 3 nitrogen and oxygen atoms in total. The third kappa shape index (κ3) is 0.838. The summed E-state index contributed by atoms with van der Waals surface area (Å²) in [6.07, 6.45) is 0. The Morgan fingerprint density at radius 3 is 2.57 bits per heavy atom. The molecule has 0 unspecified atom stereocenters. The van der Waals surface area contributed by atoms with E-state index < -0.39 is 0 Å². The van der Waals surface area contributed by atoms with Crippen LogP contribution in [0, 0.1) is 0 Å². The molecule has 2 N–H and O–H groups in total. The Kier molecular flexibility index (Phi) is 0.906. The highest BCUT2D eigenvalue weighted by atomic mass is 16.7. The maximum absolute atomic E-state index is 8.37. The van der Waals surface area contributed by atoms with E-state index in [1.165, 1.54) is 0 Å². The summed E-state index contributed by atoms with van der Waals surface area (Å²) in [6, 6.07) is 0. The SMILES string of the molecule is CNCC1=C(O)O1. The first-order valence-corrected chi connectivity index (χ1v) is 2.09. The first-order valence-electron chi connectivity index (χ1n) is 2.09. The van der Waals surface area contributed by atoms with Gasteiger partial charge in [-0.1, -0.05) is 0 Å². The second-order valence-corrected chi connectivity index (χ2v) is 1.36. The van der Waals surface area contributed by atoms with Crippen LogP contribution in [0.5, 0.6) is 0 Å². The van der Waals surface area contributed by atoms with Crippen LogP contribution in [0.3, 0.4) is 0 Å². The Hall–Kier alpha value is -0.700. The number of nitrogens with one attached hydrogen (secondary N) is 1. The first-order chi connectivity index (χ1) is 3.34. The lowest BCUT2D eigenvalue weighted by Crippen LogP contribution is -2.05. The van der Waals surface area contributed by atoms with Gasteiger partial charge in [0.15, 0.2) is 0 Å². The molecule has 1 heterocycles. The molecule has 40 valence electrons. The van der Waals surface area contributed by atoms with Crippen molar-refractivity contribution in [1.29, 1.82) is 0 Å². The minimum atomic E-state index is 0.0781. The molecule has 0 amide bonds.